The first-order valence-corrected chi connectivity index (χ1v) is 30.3. The molecule has 0 bridgehead atoms. The zero-order valence-electron chi connectivity index (χ0n) is 47.5. The van der Waals surface area contributed by atoms with Gasteiger partial charge in [-0.25, -0.2) is 4.79 Å². The zero-order chi connectivity index (χ0) is 54.7. The predicted octanol–water partition coefficient (Wildman–Crippen LogP) is 15.6. The van der Waals surface area contributed by atoms with Gasteiger partial charge in [-0.15, -0.1) is 0 Å². The number of allylic oxidation sites excluding steroid dienone is 10. The number of unbranched alkanes of at least 4 members (excludes halogenated alkanes) is 27. The molecule has 0 amide bonds. The SMILES string of the molecule is CC/C=C\C/C=C\C/C=C\C/C=C\CCCCCCCCC(=O)OC1C(OCC(COC(=O)CCCCCCC/C=C\CCCCCC)OC(=O)CCCCCCCCCCCCCCC)OC(C(=O)O)C(O)C1O. The Balaban J connectivity index is 2.67. The van der Waals surface area contributed by atoms with Crippen LogP contribution >= 0.6 is 0 Å². The third-order valence-corrected chi connectivity index (χ3v) is 13.6. The van der Waals surface area contributed by atoms with Crippen LogP contribution in [0, 0.1) is 0 Å². The van der Waals surface area contributed by atoms with E-state index in [-0.39, 0.29) is 25.9 Å². The second kappa shape index (κ2) is 51.2. The molecule has 0 aromatic heterocycles. The second-order valence-corrected chi connectivity index (χ2v) is 20.6. The van der Waals surface area contributed by atoms with Crippen molar-refractivity contribution >= 4 is 23.9 Å². The minimum absolute atomic E-state index is 0.0440. The van der Waals surface area contributed by atoms with Crippen molar-refractivity contribution in [3.05, 3.63) is 60.8 Å². The molecule has 1 fully saturated rings. The van der Waals surface area contributed by atoms with Crippen LogP contribution in [-0.4, -0.2) is 89.2 Å². The number of hydrogen-bond acceptors (Lipinski definition) is 11. The van der Waals surface area contributed by atoms with E-state index < -0.39 is 67.3 Å². The summed E-state index contributed by atoms with van der Waals surface area (Å²) in [5.74, 6) is -3.13. The lowest BCUT2D eigenvalue weighted by Gasteiger charge is -2.40. The number of hydrogen-bond donors (Lipinski definition) is 3. The van der Waals surface area contributed by atoms with Gasteiger partial charge >= 0.3 is 23.9 Å². The van der Waals surface area contributed by atoms with E-state index >= 15 is 0 Å². The maximum absolute atomic E-state index is 13.1. The summed E-state index contributed by atoms with van der Waals surface area (Å²) in [6.07, 6.45) is 50.4. The highest BCUT2D eigenvalue weighted by Crippen LogP contribution is 2.26. The van der Waals surface area contributed by atoms with E-state index in [0.717, 1.165) is 122 Å². The van der Waals surface area contributed by atoms with Gasteiger partial charge in [0.25, 0.3) is 0 Å². The molecule has 75 heavy (non-hydrogen) atoms. The van der Waals surface area contributed by atoms with Crippen molar-refractivity contribution in [3.8, 4) is 0 Å². The summed E-state index contributed by atoms with van der Waals surface area (Å²) in [5, 5.41) is 31.5. The molecule has 1 rings (SSSR count). The number of carboxylic acid groups (broad SMARTS) is 1. The smallest absolute Gasteiger partial charge is 0.335 e. The molecule has 6 unspecified atom stereocenters. The van der Waals surface area contributed by atoms with Gasteiger partial charge < -0.3 is 39.0 Å². The average molecular weight is 1060 g/mol. The first-order chi connectivity index (χ1) is 36.6. The molecule has 0 spiro atoms. The fourth-order valence-corrected chi connectivity index (χ4v) is 8.94. The van der Waals surface area contributed by atoms with Crippen molar-refractivity contribution in [1.82, 2.24) is 0 Å². The quantitative estimate of drug-likeness (QED) is 0.0228. The molecule has 1 aliphatic heterocycles. The minimum atomic E-state index is -1.91. The molecule has 0 aromatic rings. The summed E-state index contributed by atoms with van der Waals surface area (Å²) in [5.41, 5.74) is 0. The zero-order valence-corrected chi connectivity index (χ0v) is 47.5. The van der Waals surface area contributed by atoms with E-state index in [1.54, 1.807) is 0 Å². The van der Waals surface area contributed by atoms with Gasteiger partial charge in [-0.1, -0.05) is 223 Å². The van der Waals surface area contributed by atoms with Crippen LogP contribution in [0.15, 0.2) is 60.8 Å². The van der Waals surface area contributed by atoms with Crippen LogP contribution < -0.4 is 0 Å². The fourth-order valence-electron chi connectivity index (χ4n) is 8.94. The van der Waals surface area contributed by atoms with Crippen LogP contribution in [0.2, 0.25) is 0 Å². The molecule has 3 N–H and O–H groups in total. The lowest BCUT2D eigenvalue weighted by molar-refractivity contribution is -0.301. The summed E-state index contributed by atoms with van der Waals surface area (Å²) >= 11 is 0. The normalized spacial score (nSPS) is 18.5. The Morgan fingerprint density at radius 3 is 1.31 bits per heavy atom. The van der Waals surface area contributed by atoms with E-state index in [1.165, 1.54) is 83.5 Å². The van der Waals surface area contributed by atoms with Gasteiger partial charge in [-0.05, 0) is 83.5 Å². The Hall–Kier alpha value is -3.58. The molecule has 0 aliphatic carbocycles. The van der Waals surface area contributed by atoms with Crippen LogP contribution in [0.3, 0.4) is 0 Å². The predicted molar refractivity (Wildman–Crippen MR) is 303 cm³/mol. The third-order valence-electron chi connectivity index (χ3n) is 13.6. The maximum Gasteiger partial charge on any atom is 0.335 e. The van der Waals surface area contributed by atoms with Gasteiger partial charge in [0.1, 0.15) is 18.8 Å². The van der Waals surface area contributed by atoms with Gasteiger partial charge in [0.05, 0.1) is 6.61 Å². The van der Waals surface area contributed by atoms with Gasteiger partial charge in [-0.3, -0.25) is 14.4 Å². The van der Waals surface area contributed by atoms with Crippen molar-refractivity contribution in [2.24, 2.45) is 0 Å². The molecule has 0 saturated carbocycles. The second-order valence-electron chi connectivity index (χ2n) is 20.6. The molecular formula is C63H108O12. The number of ether oxygens (including phenoxy) is 5. The summed E-state index contributed by atoms with van der Waals surface area (Å²) in [4.78, 5) is 51.1. The summed E-state index contributed by atoms with van der Waals surface area (Å²) in [6.45, 7) is 5.86. The highest BCUT2D eigenvalue weighted by molar-refractivity contribution is 5.74. The molecule has 6 atom stereocenters. The van der Waals surface area contributed by atoms with E-state index in [4.69, 9.17) is 23.7 Å². The average Bonchev–Trinajstić information content (AvgIpc) is 3.39. The number of carbonyl (C=O) groups is 4. The molecular weight excluding hydrogens is 949 g/mol. The monoisotopic (exact) mass is 1060 g/mol. The number of carboxylic acids is 1. The number of aliphatic hydroxyl groups excluding tert-OH is 2. The van der Waals surface area contributed by atoms with Gasteiger partial charge in [0, 0.05) is 19.3 Å². The van der Waals surface area contributed by atoms with Gasteiger partial charge in [0.2, 0.25) is 0 Å². The molecule has 1 heterocycles. The number of aliphatic carboxylic acids is 1. The number of esters is 3. The van der Waals surface area contributed by atoms with E-state index in [1.807, 2.05) is 0 Å². The van der Waals surface area contributed by atoms with Crippen LogP contribution in [0.4, 0.5) is 0 Å². The fraction of sp³-hybridized carbons (Fsp3) is 0.778. The first kappa shape index (κ1) is 69.4. The molecule has 1 aliphatic rings. The standard InChI is InChI=1S/C63H108O12/c1-4-7-10-13-16-19-22-25-26-27-28-29-30-33-36-39-42-45-48-51-57(66)74-61-59(68)58(67)60(62(69)70)75-63(61)72-53-54(73-56(65)50-47-44-41-38-35-32-24-21-18-15-12-9-6-3)52-71-55(64)49-46-43-40-37-34-31-23-20-17-14-11-8-5-2/h7,10,16,19-20,23,25-26,28-29,54,58-61,63,67-68H,4-6,8-9,11-15,17-18,21-22,24,27,30-53H2,1-3H3,(H,69,70)/b10-7-,19-16-,23-20-,26-25-,29-28-. The van der Waals surface area contributed by atoms with E-state index in [2.05, 4.69) is 81.5 Å². The summed E-state index contributed by atoms with van der Waals surface area (Å²) in [7, 11) is 0. The van der Waals surface area contributed by atoms with Crippen molar-refractivity contribution in [2.45, 2.75) is 302 Å². The summed E-state index contributed by atoms with van der Waals surface area (Å²) in [6, 6.07) is 0. The summed E-state index contributed by atoms with van der Waals surface area (Å²) < 4.78 is 28.4. The Labute approximate surface area is 456 Å². The Morgan fingerprint density at radius 2 is 0.840 bits per heavy atom. The van der Waals surface area contributed by atoms with Crippen LogP contribution in [0.1, 0.15) is 265 Å². The van der Waals surface area contributed by atoms with Crippen molar-refractivity contribution < 1.29 is 58.2 Å². The van der Waals surface area contributed by atoms with Crippen molar-refractivity contribution in [3.63, 3.8) is 0 Å². The van der Waals surface area contributed by atoms with Crippen LogP contribution in [-0.2, 0) is 42.9 Å². The van der Waals surface area contributed by atoms with Crippen molar-refractivity contribution in [1.29, 1.82) is 0 Å². The molecule has 12 nitrogen and oxygen atoms in total. The van der Waals surface area contributed by atoms with E-state index in [0.29, 0.717) is 19.3 Å². The largest absolute Gasteiger partial charge is 0.479 e. The molecule has 0 aromatic carbocycles. The Kier molecular flexibility index (Phi) is 47.4. The Morgan fingerprint density at radius 1 is 0.453 bits per heavy atom. The van der Waals surface area contributed by atoms with Gasteiger partial charge in [0.15, 0.2) is 24.6 Å². The van der Waals surface area contributed by atoms with E-state index in [9.17, 15) is 34.5 Å². The first-order valence-electron chi connectivity index (χ1n) is 30.3. The Bertz CT molecular complexity index is 1540. The molecule has 0 radical (unpaired) electrons. The van der Waals surface area contributed by atoms with Crippen molar-refractivity contribution in [2.75, 3.05) is 13.2 Å². The molecule has 12 heteroatoms. The maximum atomic E-state index is 13.1. The lowest BCUT2D eigenvalue weighted by atomic mass is 9.98. The highest BCUT2D eigenvalue weighted by atomic mass is 16.7. The number of aliphatic hydroxyl groups is 2. The van der Waals surface area contributed by atoms with Gasteiger partial charge in [-0.2, -0.15) is 0 Å². The number of rotatable bonds is 51. The third kappa shape index (κ3) is 41.2. The minimum Gasteiger partial charge on any atom is -0.479 e. The van der Waals surface area contributed by atoms with Crippen LogP contribution in [0.25, 0.3) is 0 Å². The number of carbonyl (C=O) groups excluding carboxylic acids is 3. The molecule has 432 valence electrons. The topological polar surface area (TPSA) is 175 Å². The molecule has 1 saturated heterocycles. The highest BCUT2D eigenvalue weighted by Gasteiger charge is 2.50. The van der Waals surface area contributed by atoms with Crippen LogP contribution in [0.5, 0.6) is 0 Å². The lowest BCUT2D eigenvalue weighted by Crippen LogP contribution is -2.61.